The van der Waals surface area contributed by atoms with Gasteiger partial charge < -0.3 is 15.1 Å². The number of hydrogen-bond donors (Lipinski definition) is 1. The molecule has 21 heavy (non-hydrogen) atoms. The van der Waals surface area contributed by atoms with Crippen molar-refractivity contribution in [2.24, 2.45) is 0 Å². The monoisotopic (exact) mass is 290 g/mol. The third-order valence-corrected chi connectivity index (χ3v) is 3.88. The number of unbranched alkanes of at least 4 members (excludes halogenated alkanes) is 3. The van der Waals surface area contributed by atoms with Crippen LogP contribution in [0.25, 0.3) is 0 Å². The molecule has 0 radical (unpaired) electrons. The molecule has 0 aliphatic carbocycles. The maximum Gasteiger partial charge on any atom is 0.317 e. The molecule has 1 fully saturated rings. The molecule has 116 valence electrons. The largest absolute Gasteiger partial charge is 0.367 e. The van der Waals surface area contributed by atoms with Crippen molar-refractivity contribution in [1.29, 1.82) is 0 Å². The average Bonchev–Trinajstić information content (AvgIpc) is 2.55. The van der Waals surface area contributed by atoms with Crippen LogP contribution in [-0.2, 0) is 0 Å². The van der Waals surface area contributed by atoms with Gasteiger partial charge >= 0.3 is 6.03 Å². The first kappa shape index (κ1) is 15.6. The van der Waals surface area contributed by atoms with Gasteiger partial charge in [-0.25, -0.2) is 4.79 Å². The second-order valence-electron chi connectivity index (χ2n) is 5.48. The number of piperazine rings is 1. The molecular weight excluding hydrogens is 264 g/mol. The molecule has 0 bridgehead atoms. The Labute approximate surface area is 127 Å². The van der Waals surface area contributed by atoms with Gasteiger partial charge in [-0.2, -0.15) is 0 Å². The summed E-state index contributed by atoms with van der Waals surface area (Å²) in [7, 11) is 0. The molecule has 1 aromatic rings. The van der Waals surface area contributed by atoms with Crippen LogP contribution in [0.15, 0.2) is 24.5 Å². The van der Waals surface area contributed by atoms with Gasteiger partial charge in [-0.05, 0) is 18.6 Å². The number of urea groups is 1. The summed E-state index contributed by atoms with van der Waals surface area (Å²) in [5.41, 5.74) is 1.14. The summed E-state index contributed by atoms with van der Waals surface area (Å²) < 4.78 is 0. The van der Waals surface area contributed by atoms with E-state index >= 15 is 0 Å². The fourth-order valence-corrected chi connectivity index (χ4v) is 2.57. The molecule has 2 rings (SSSR count). The lowest BCUT2D eigenvalue weighted by Gasteiger charge is -2.35. The third kappa shape index (κ3) is 4.92. The Bertz CT molecular complexity index is 416. The van der Waals surface area contributed by atoms with Gasteiger partial charge in [-0.15, -0.1) is 0 Å². The molecule has 0 atom stereocenters. The van der Waals surface area contributed by atoms with Gasteiger partial charge in [-0.3, -0.25) is 4.98 Å². The molecule has 2 amide bonds. The van der Waals surface area contributed by atoms with Crippen molar-refractivity contribution in [1.82, 2.24) is 15.2 Å². The number of carbonyl (C=O) groups excluding carboxylic acids is 1. The van der Waals surface area contributed by atoms with Crippen LogP contribution in [-0.4, -0.2) is 48.6 Å². The fraction of sp³-hybridized carbons (Fsp3) is 0.625. The van der Waals surface area contributed by atoms with Gasteiger partial charge in [-0.1, -0.05) is 26.2 Å². The van der Waals surface area contributed by atoms with E-state index in [1.807, 2.05) is 17.2 Å². The minimum atomic E-state index is 0.0809. The molecule has 5 heteroatoms. The molecule has 0 aromatic carbocycles. The second kappa shape index (κ2) is 8.49. The van der Waals surface area contributed by atoms with Gasteiger partial charge in [0.05, 0.1) is 11.9 Å². The Morgan fingerprint density at radius 3 is 2.71 bits per heavy atom. The van der Waals surface area contributed by atoms with Crippen molar-refractivity contribution in [2.45, 2.75) is 32.6 Å². The summed E-state index contributed by atoms with van der Waals surface area (Å²) in [4.78, 5) is 20.4. The molecular formula is C16H26N4O. The average molecular weight is 290 g/mol. The normalized spacial score (nSPS) is 15.1. The summed E-state index contributed by atoms with van der Waals surface area (Å²) in [6, 6.07) is 4.10. The first-order valence-corrected chi connectivity index (χ1v) is 7.99. The Balaban J connectivity index is 1.67. The van der Waals surface area contributed by atoms with Crippen LogP contribution < -0.4 is 10.2 Å². The highest BCUT2D eigenvalue weighted by molar-refractivity contribution is 5.74. The molecule has 2 heterocycles. The lowest BCUT2D eigenvalue weighted by molar-refractivity contribution is 0.194. The number of anilines is 1. The zero-order chi connectivity index (χ0) is 14.9. The number of carbonyl (C=O) groups is 1. The molecule has 1 saturated heterocycles. The molecule has 0 saturated carbocycles. The van der Waals surface area contributed by atoms with E-state index in [1.54, 1.807) is 6.20 Å². The van der Waals surface area contributed by atoms with Crippen molar-refractivity contribution in [3.8, 4) is 0 Å². The summed E-state index contributed by atoms with van der Waals surface area (Å²) in [6.45, 7) is 6.28. The number of amides is 2. The number of pyridine rings is 1. The Morgan fingerprint density at radius 1 is 1.24 bits per heavy atom. The van der Waals surface area contributed by atoms with E-state index < -0.39 is 0 Å². The molecule has 1 aliphatic heterocycles. The molecule has 1 aromatic heterocycles. The van der Waals surface area contributed by atoms with E-state index in [0.717, 1.165) is 44.8 Å². The quantitative estimate of drug-likeness (QED) is 0.819. The number of aromatic nitrogens is 1. The topological polar surface area (TPSA) is 48.5 Å². The zero-order valence-electron chi connectivity index (χ0n) is 12.9. The second-order valence-corrected chi connectivity index (χ2v) is 5.48. The molecule has 0 unspecified atom stereocenters. The van der Waals surface area contributed by atoms with Crippen LogP contribution in [0.5, 0.6) is 0 Å². The minimum Gasteiger partial charge on any atom is -0.367 e. The summed E-state index contributed by atoms with van der Waals surface area (Å²) in [5, 5.41) is 3.02. The Hall–Kier alpha value is -1.78. The van der Waals surface area contributed by atoms with E-state index in [2.05, 4.69) is 28.2 Å². The van der Waals surface area contributed by atoms with E-state index in [1.165, 1.54) is 19.3 Å². The van der Waals surface area contributed by atoms with Crippen LogP contribution >= 0.6 is 0 Å². The van der Waals surface area contributed by atoms with Crippen LogP contribution in [0.2, 0.25) is 0 Å². The standard InChI is InChI=1S/C16H26N4O/c1-2-3-4-5-9-18-16(21)20-12-10-19(11-13-20)15-7-6-8-17-14-15/h6-8,14H,2-5,9-13H2,1H3,(H,18,21). The molecule has 5 nitrogen and oxygen atoms in total. The predicted molar refractivity (Wildman–Crippen MR) is 85.6 cm³/mol. The van der Waals surface area contributed by atoms with Gasteiger partial charge in [0.25, 0.3) is 0 Å². The highest BCUT2D eigenvalue weighted by Gasteiger charge is 2.20. The van der Waals surface area contributed by atoms with Gasteiger partial charge in [0.2, 0.25) is 0 Å². The highest BCUT2D eigenvalue weighted by Crippen LogP contribution is 2.14. The lowest BCUT2D eigenvalue weighted by atomic mass is 10.2. The number of rotatable bonds is 6. The smallest absolute Gasteiger partial charge is 0.317 e. The highest BCUT2D eigenvalue weighted by atomic mass is 16.2. The maximum absolute atomic E-state index is 12.1. The Morgan fingerprint density at radius 2 is 2.05 bits per heavy atom. The van der Waals surface area contributed by atoms with Gasteiger partial charge in [0.1, 0.15) is 0 Å². The third-order valence-electron chi connectivity index (χ3n) is 3.88. The molecule has 0 spiro atoms. The van der Waals surface area contributed by atoms with Crippen molar-refractivity contribution in [2.75, 3.05) is 37.6 Å². The van der Waals surface area contributed by atoms with Crippen molar-refractivity contribution in [3.63, 3.8) is 0 Å². The molecule has 1 aliphatic rings. The lowest BCUT2D eigenvalue weighted by Crippen LogP contribution is -2.52. The van der Waals surface area contributed by atoms with Gasteiger partial charge in [0.15, 0.2) is 0 Å². The predicted octanol–water partition coefficient (Wildman–Crippen LogP) is 2.49. The van der Waals surface area contributed by atoms with Crippen LogP contribution in [0, 0.1) is 0 Å². The van der Waals surface area contributed by atoms with Crippen LogP contribution in [0.3, 0.4) is 0 Å². The number of nitrogens with one attached hydrogen (secondary N) is 1. The van der Waals surface area contributed by atoms with Crippen LogP contribution in [0.1, 0.15) is 32.6 Å². The van der Waals surface area contributed by atoms with Crippen LogP contribution in [0.4, 0.5) is 10.5 Å². The van der Waals surface area contributed by atoms with Gasteiger partial charge in [0, 0.05) is 38.9 Å². The van der Waals surface area contributed by atoms with E-state index in [-0.39, 0.29) is 6.03 Å². The summed E-state index contributed by atoms with van der Waals surface area (Å²) in [6.07, 6.45) is 8.42. The SMILES string of the molecule is CCCCCCNC(=O)N1CCN(c2cccnc2)CC1. The van der Waals surface area contributed by atoms with E-state index in [4.69, 9.17) is 0 Å². The van der Waals surface area contributed by atoms with Crippen molar-refractivity contribution >= 4 is 11.7 Å². The van der Waals surface area contributed by atoms with E-state index in [0.29, 0.717) is 0 Å². The molecule has 1 N–H and O–H groups in total. The minimum absolute atomic E-state index is 0.0809. The van der Waals surface area contributed by atoms with Crippen molar-refractivity contribution < 1.29 is 4.79 Å². The first-order chi connectivity index (χ1) is 10.3. The summed E-state index contributed by atoms with van der Waals surface area (Å²) >= 11 is 0. The van der Waals surface area contributed by atoms with E-state index in [9.17, 15) is 4.79 Å². The first-order valence-electron chi connectivity index (χ1n) is 7.99. The maximum atomic E-state index is 12.1. The van der Waals surface area contributed by atoms with Crippen molar-refractivity contribution in [3.05, 3.63) is 24.5 Å². The Kier molecular flexibility index (Phi) is 6.31. The number of nitrogens with zero attached hydrogens (tertiary/aromatic N) is 3. The zero-order valence-corrected chi connectivity index (χ0v) is 12.9. The fourth-order valence-electron chi connectivity index (χ4n) is 2.57. The summed E-state index contributed by atoms with van der Waals surface area (Å²) in [5.74, 6) is 0. The number of hydrogen-bond acceptors (Lipinski definition) is 3.